The lowest BCUT2D eigenvalue weighted by atomic mass is 10.1. The van der Waals surface area contributed by atoms with Gasteiger partial charge in [0.1, 0.15) is 0 Å². The summed E-state index contributed by atoms with van der Waals surface area (Å²) in [7, 11) is 0. The Labute approximate surface area is 122 Å². The summed E-state index contributed by atoms with van der Waals surface area (Å²) < 4.78 is 0.829. The summed E-state index contributed by atoms with van der Waals surface area (Å²) in [4.78, 5) is 14.5. The summed E-state index contributed by atoms with van der Waals surface area (Å²) in [5.74, 6) is 0.511. The minimum atomic E-state index is -0.0528. The predicted molar refractivity (Wildman–Crippen MR) is 81.1 cm³/mol. The van der Waals surface area contributed by atoms with Gasteiger partial charge in [-0.2, -0.15) is 0 Å². The Balaban J connectivity index is 1.87. The number of hydrogen-bond donors (Lipinski definition) is 2. The molecule has 104 valence electrons. The molecule has 0 saturated carbocycles. The minimum absolute atomic E-state index is 0.0528. The fourth-order valence-corrected chi connectivity index (χ4v) is 2.96. The number of hydrogen-bond acceptors (Lipinski definition) is 3. The first kappa shape index (κ1) is 14.3. The molecule has 5 heteroatoms. The van der Waals surface area contributed by atoms with Crippen LogP contribution in [0, 0.1) is 5.92 Å². The molecule has 0 radical (unpaired) electrons. The highest BCUT2D eigenvalue weighted by molar-refractivity contribution is 9.10. The highest BCUT2D eigenvalue weighted by Gasteiger charge is 2.21. The number of likely N-dealkylation sites (tertiary alicyclic amines) is 1. The van der Waals surface area contributed by atoms with E-state index in [1.807, 2.05) is 0 Å². The topological polar surface area (TPSA) is 58.4 Å². The molecule has 1 fully saturated rings. The molecule has 1 amide bonds. The Morgan fingerprint density at radius 1 is 1.53 bits per heavy atom. The summed E-state index contributed by atoms with van der Waals surface area (Å²) in [6.45, 7) is 6.22. The average molecular weight is 326 g/mol. The van der Waals surface area contributed by atoms with E-state index in [1.54, 1.807) is 18.2 Å². The van der Waals surface area contributed by atoms with Crippen LogP contribution in [0.15, 0.2) is 22.7 Å². The summed E-state index contributed by atoms with van der Waals surface area (Å²) in [6, 6.07) is 5.28. The summed E-state index contributed by atoms with van der Waals surface area (Å²) in [5.41, 5.74) is 6.94. The molecule has 1 aliphatic rings. The number of carbonyl (C=O) groups excluding carboxylic acids is 1. The van der Waals surface area contributed by atoms with Gasteiger partial charge in [-0.3, -0.25) is 4.79 Å². The van der Waals surface area contributed by atoms with E-state index in [-0.39, 0.29) is 5.91 Å². The van der Waals surface area contributed by atoms with E-state index in [0.29, 0.717) is 17.2 Å². The summed E-state index contributed by atoms with van der Waals surface area (Å²) in [5, 5.41) is 3.00. The van der Waals surface area contributed by atoms with Gasteiger partial charge in [0.15, 0.2) is 0 Å². The van der Waals surface area contributed by atoms with Crippen molar-refractivity contribution < 1.29 is 4.79 Å². The number of carbonyl (C=O) groups is 1. The third-order valence-corrected chi connectivity index (χ3v) is 4.01. The summed E-state index contributed by atoms with van der Waals surface area (Å²) >= 11 is 3.35. The van der Waals surface area contributed by atoms with Gasteiger partial charge in [-0.25, -0.2) is 0 Å². The van der Waals surface area contributed by atoms with Crippen LogP contribution in [-0.2, 0) is 0 Å². The van der Waals surface area contributed by atoms with Crippen LogP contribution < -0.4 is 11.1 Å². The van der Waals surface area contributed by atoms with Crippen LogP contribution >= 0.6 is 15.9 Å². The Morgan fingerprint density at radius 2 is 2.32 bits per heavy atom. The van der Waals surface area contributed by atoms with Gasteiger partial charge in [0.25, 0.3) is 5.91 Å². The van der Waals surface area contributed by atoms with Crippen molar-refractivity contribution in [1.29, 1.82) is 0 Å². The van der Waals surface area contributed by atoms with Crippen LogP contribution in [0.2, 0.25) is 0 Å². The van der Waals surface area contributed by atoms with Crippen LogP contribution in [0.25, 0.3) is 0 Å². The molecule has 1 heterocycles. The lowest BCUT2D eigenvalue weighted by Crippen LogP contribution is -2.31. The molecule has 0 bridgehead atoms. The number of amides is 1. The molecular weight excluding hydrogens is 306 g/mol. The highest BCUT2D eigenvalue weighted by atomic mass is 79.9. The Hall–Kier alpha value is -1.07. The van der Waals surface area contributed by atoms with Crippen molar-refractivity contribution in [3.63, 3.8) is 0 Å². The molecule has 1 unspecified atom stereocenters. The van der Waals surface area contributed by atoms with Gasteiger partial charge in [-0.05, 0) is 43.6 Å². The lowest BCUT2D eigenvalue weighted by molar-refractivity contribution is 0.0947. The van der Waals surface area contributed by atoms with Gasteiger partial charge in [0, 0.05) is 28.8 Å². The van der Waals surface area contributed by atoms with Gasteiger partial charge < -0.3 is 16.0 Å². The molecule has 0 aliphatic carbocycles. The second-order valence-electron chi connectivity index (χ2n) is 5.03. The van der Waals surface area contributed by atoms with Crippen LogP contribution in [-0.4, -0.2) is 37.0 Å². The van der Waals surface area contributed by atoms with Gasteiger partial charge in [0.2, 0.25) is 0 Å². The van der Waals surface area contributed by atoms with E-state index >= 15 is 0 Å². The third-order valence-electron chi connectivity index (χ3n) is 3.55. The first-order valence-electron chi connectivity index (χ1n) is 6.65. The molecule has 3 N–H and O–H groups in total. The number of nitrogens with one attached hydrogen (secondary N) is 1. The predicted octanol–water partition coefficient (Wildman–Crippen LogP) is 2.10. The minimum Gasteiger partial charge on any atom is -0.399 e. The van der Waals surface area contributed by atoms with E-state index in [9.17, 15) is 4.79 Å². The molecule has 0 aromatic heterocycles. The third kappa shape index (κ3) is 3.94. The second kappa shape index (κ2) is 6.39. The van der Waals surface area contributed by atoms with Gasteiger partial charge in [0.05, 0.1) is 0 Å². The molecule has 0 spiro atoms. The molecule has 4 nitrogen and oxygen atoms in total. The fraction of sp³-hybridized carbons (Fsp3) is 0.500. The molecule has 2 rings (SSSR count). The van der Waals surface area contributed by atoms with Crippen LogP contribution in [0.4, 0.5) is 5.69 Å². The summed E-state index contributed by atoms with van der Waals surface area (Å²) in [6.07, 6.45) is 1.16. The standard InChI is InChI=1S/C14H20BrN3O/c1-2-18-4-3-10(9-18)8-17-14(19)11-5-12(15)7-13(16)6-11/h5-7,10H,2-4,8-9,16H2,1H3,(H,17,19). The number of nitrogens with two attached hydrogens (primary N) is 1. The molecule has 1 atom stereocenters. The van der Waals surface area contributed by atoms with Crippen molar-refractivity contribution in [2.45, 2.75) is 13.3 Å². The van der Waals surface area contributed by atoms with Gasteiger partial charge >= 0.3 is 0 Å². The average Bonchev–Trinajstić information content (AvgIpc) is 2.82. The molecule has 1 aromatic rings. The van der Waals surface area contributed by atoms with E-state index in [4.69, 9.17) is 5.73 Å². The first-order chi connectivity index (χ1) is 9.08. The number of nitrogens with zero attached hydrogens (tertiary/aromatic N) is 1. The van der Waals surface area contributed by atoms with Crippen molar-refractivity contribution in [2.24, 2.45) is 5.92 Å². The number of rotatable bonds is 4. The SMILES string of the molecule is CCN1CCC(CNC(=O)c2cc(N)cc(Br)c2)C1. The molecule has 19 heavy (non-hydrogen) atoms. The number of benzene rings is 1. The largest absolute Gasteiger partial charge is 0.399 e. The van der Waals surface area contributed by atoms with Crippen molar-refractivity contribution >= 4 is 27.5 Å². The smallest absolute Gasteiger partial charge is 0.251 e. The van der Waals surface area contributed by atoms with Gasteiger partial charge in [-0.1, -0.05) is 22.9 Å². The van der Waals surface area contributed by atoms with Crippen LogP contribution in [0.5, 0.6) is 0 Å². The normalized spacial score (nSPS) is 19.6. The Bertz CT molecular complexity index is 444. The highest BCUT2D eigenvalue weighted by Crippen LogP contribution is 2.18. The maximum Gasteiger partial charge on any atom is 0.251 e. The van der Waals surface area contributed by atoms with Crippen molar-refractivity contribution in [2.75, 3.05) is 31.9 Å². The fourth-order valence-electron chi connectivity index (χ4n) is 2.45. The number of anilines is 1. The zero-order valence-corrected chi connectivity index (χ0v) is 12.7. The van der Waals surface area contributed by atoms with Gasteiger partial charge in [-0.15, -0.1) is 0 Å². The van der Waals surface area contributed by atoms with Crippen LogP contribution in [0.3, 0.4) is 0 Å². The maximum absolute atomic E-state index is 12.1. The zero-order valence-electron chi connectivity index (χ0n) is 11.2. The quantitative estimate of drug-likeness (QED) is 0.833. The second-order valence-corrected chi connectivity index (χ2v) is 5.95. The zero-order chi connectivity index (χ0) is 13.8. The van der Waals surface area contributed by atoms with Crippen molar-refractivity contribution in [3.05, 3.63) is 28.2 Å². The molecule has 1 saturated heterocycles. The molecule has 1 aliphatic heterocycles. The number of nitrogen functional groups attached to an aromatic ring is 1. The Morgan fingerprint density at radius 3 is 2.95 bits per heavy atom. The van der Waals surface area contributed by atoms with Crippen molar-refractivity contribution in [1.82, 2.24) is 10.2 Å². The molecular formula is C14H20BrN3O. The van der Waals surface area contributed by atoms with E-state index < -0.39 is 0 Å². The lowest BCUT2D eigenvalue weighted by Gasteiger charge is -2.14. The first-order valence-corrected chi connectivity index (χ1v) is 7.44. The number of halogens is 1. The monoisotopic (exact) mass is 325 g/mol. The molecule has 1 aromatic carbocycles. The van der Waals surface area contributed by atoms with E-state index in [2.05, 4.69) is 33.1 Å². The van der Waals surface area contributed by atoms with E-state index in [0.717, 1.165) is 37.1 Å². The van der Waals surface area contributed by atoms with E-state index in [1.165, 1.54) is 0 Å². The Kier molecular flexibility index (Phi) is 4.82. The van der Waals surface area contributed by atoms with Crippen LogP contribution in [0.1, 0.15) is 23.7 Å². The maximum atomic E-state index is 12.1. The van der Waals surface area contributed by atoms with Crippen molar-refractivity contribution in [3.8, 4) is 0 Å².